The Hall–Kier alpha value is -1.23. The highest BCUT2D eigenvalue weighted by Crippen LogP contribution is 2.32. The standard InChI is InChI=1S/C18H23IO7/c1-11(20)24-16-15(19)14(10-23-9-13-7-5-4-6-8-13)26-18(22-3)17(16)25-12(2)21/h4-8,14-18H,9-10H2,1-3H3/t14-,15+,16+,17-,18+/m1/s1. The number of rotatable bonds is 7. The lowest BCUT2D eigenvalue weighted by atomic mass is 10.0. The van der Waals surface area contributed by atoms with E-state index in [0.717, 1.165) is 5.56 Å². The summed E-state index contributed by atoms with van der Waals surface area (Å²) >= 11 is 2.13. The van der Waals surface area contributed by atoms with Crippen LogP contribution in [0.25, 0.3) is 0 Å². The number of carbonyl (C=O) groups excluding carboxylic acids is 2. The lowest BCUT2D eigenvalue weighted by Gasteiger charge is -2.42. The number of halogens is 1. The topological polar surface area (TPSA) is 80.3 Å². The summed E-state index contributed by atoms with van der Waals surface area (Å²) in [4.78, 5) is 22.9. The van der Waals surface area contributed by atoms with Gasteiger partial charge < -0.3 is 23.7 Å². The zero-order valence-electron chi connectivity index (χ0n) is 14.9. The second-order valence-corrected chi connectivity index (χ2v) is 7.31. The maximum absolute atomic E-state index is 11.5. The molecular weight excluding hydrogens is 455 g/mol. The lowest BCUT2D eigenvalue weighted by Crippen LogP contribution is -2.59. The molecule has 0 unspecified atom stereocenters. The molecule has 1 aliphatic heterocycles. The summed E-state index contributed by atoms with van der Waals surface area (Å²) in [6, 6.07) is 9.77. The summed E-state index contributed by atoms with van der Waals surface area (Å²) in [5.41, 5.74) is 1.05. The molecule has 1 aliphatic rings. The van der Waals surface area contributed by atoms with Crippen molar-refractivity contribution in [2.45, 2.75) is 49.0 Å². The van der Waals surface area contributed by atoms with Crippen LogP contribution in [0.3, 0.4) is 0 Å². The van der Waals surface area contributed by atoms with Crippen LogP contribution in [-0.2, 0) is 39.9 Å². The molecule has 0 aliphatic carbocycles. The van der Waals surface area contributed by atoms with Crippen molar-refractivity contribution in [1.29, 1.82) is 0 Å². The van der Waals surface area contributed by atoms with Crippen molar-refractivity contribution in [2.24, 2.45) is 0 Å². The first-order valence-corrected chi connectivity index (χ1v) is 9.45. The Morgan fingerprint density at radius 1 is 1.08 bits per heavy atom. The number of methoxy groups -OCH3 is 1. The van der Waals surface area contributed by atoms with E-state index in [0.29, 0.717) is 6.61 Å². The van der Waals surface area contributed by atoms with E-state index in [2.05, 4.69) is 22.6 Å². The normalized spacial score (nSPS) is 28.4. The Morgan fingerprint density at radius 2 is 1.69 bits per heavy atom. The number of hydrogen-bond acceptors (Lipinski definition) is 7. The maximum Gasteiger partial charge on any atom is 0.303 e. The third-order valence-corrected chi connectivity index (χ3v) is 5.31. The van der Waals surface area contributed by atoms with Gasteiger partial charge in [-0.15, -0.1) is 0 Å². The SMILES string of the molecule is CO[C@H]1O[C@H](COCc2ccccc2)[C@H](I)[C@H](OC(C)=O)[C@H]1OC(C)=O. The molecule has 0 aromatic heterocycles. The number of benzene rings is 1. The molecule has 1 aromatic rings. The van der Waals surface area contributed by atoms with Crippen LogP contribution in [0.1, 0.15) is 19.4 Å². The number of esters is 2. The Kier molecular flexibility index (Phi) is 8.26. The molecule has 5 atom stereocenters. The monoisotopic (exact) mass is 478 g/mol. The van der Waals surface area contributed by atoms with E-state index in [4.69, 9.17) is 23.7 Å². The zero-order valence-corrected chi connectivity index (χ0v) is 17.1. The smallest absolute Gasteiger partial charge is 0.303 e. The minimum atomic E-state index is -0.848. The largest absolute Gasteiger partial charge is 0.457 e. The molecule has 144 valence electrons. The van der Waals surface area contributed by atoms with Gasteiger partial charge in [0.25, 0.3) is 0 Å². The first kappa shape index (κ1) is 21.1. The number of carbonyl (C=O) groups is 2. The van der Waals surface area contributed by atoms with Crippen molar-refractivity contribution in [2.75, 3.05) is 13.7 Å². The average molecular weight is 478 g/mol. The summed E-state index contributed by atoms with van der Waals surface area (Å²) < 4.78 is 27.4. The molecule has 1 saturated heterocycles. The van der Waals surface area contributed by atoms with Gasteiger partial charge in [0.1, 0.15) is 0 Å². The molecule has 1 heterocycles. The van der Waals surface area contributed by atoms with Gasteiger partial charge >= 0.3 is 11.9 Å². The van der Waals surface area contributed by atoms with Gasteiger partial charge in [0.15, 0.2) is 18.5 Å². The van der Waals surface area contributed by atoms with Crippen molar-refractivity contribution < 1.29 is 33.3 Å². The molecule has 0 N–H and O–H groups in total. The second kappa shape index (κ2) is 10.2. The van der Waals surface area contributed by atoms with E-state index in [9.17, 15) is 9.59 Å². The summed E-state index contributed by atoms with van der Waals surface area (Å²) in [7, 11) is 1.45. The predicted octanol–water partition coefficient (Wildman–Crippen LogP) is 2.24. The van der Waals surface area contributed by atoms with Crippen LogP contribution in [0.5, 0.6) is 0 Å². The third kappa shape index (κ3) is 5.90. The third-order valence-electron chi connectivity index (χ3n) is 3.80. The average Bonchev–Trinajstić information content (AvgIpc) is 2.60. The van der Waals surface area contributed by atoms with Crippen LogP contribution in [0.15, 0.2) is 30.3 Å². The molecule has 0 saturated carbocycles. The van der Waals surface area contributed by atoms with Crippen LogP contribution in [0, 0.1) is 0 Å². The molecule has 1 aromatic carbocycles. The quantitative estimate of drug-likeness (QED) is 0.338. The van der Waals surface area contributed by atoms with Crippen LogP contribution >= 0.6 is 22.6 Å². The summed E-state index contributed by atoms with van der Waals surface area (Å²) in [5, 5.41) is 0. The fraction of sp³-hybridized carbons (Fsp3) is 0.556. The van der Waals surface area contributed by atoms with Gasteiger partial charge in [0.2, 0.25) is 0 Å². The summed E-state index contributed by atoms with van der Waals surface area (Å²) in [5.74, 6) is -0.963. The van der Waals surface area contributed by atoms with Crippen molar-refractivity contribution in [1.82, 2.24) is 0 Å². The maximum atomic E-state index is 11.5. The van der Waals surface area contributed by atoms with E-state index in [1.165, 1.54) is 21.0 Å². The molecule has 2 rings (SSSR count). The minimum absolute atomic E-state index is 0.275. The first-order chi connectivity index (χ1) is 12.4. The molecule has 26 heavy (non-hydrogen) atoms. The molecule has 1 fully saturated rings. The molecular formula is C18H23IO7. The Morgan fingerprint density at radius 3 is 2.27 bits per heavy atom. The van der Waals surface area contributed by atoms with E-state index in [1.54, 1.807) is 0 Å². The fourth-order valence-corrected chi connectivity index (χ4v) is 3.63. The van der Waals surface area contributed by atoms with Crippen LogP contribution < -0.4 is 0 Å². The highest BCUT2D eigenvalue weighted by atomic mass is 127. The van der Waals surface area contributed by atoms with Gasteiger partial charge in [-0.3, -0.25) is 9.59 Å². The fourth-order valence-electron chi connectivity index (χ4n) is 2.70. The predicted molar refractivity (Wildman–Crippen MR) is 101 cm³/mol. The number of alkyl halides is 1. The van der Waals surface area contributed by atoms with E-state index in [-0.39, 0.29) is 16.6 Å². The van der Waals surface area contributed by atoms with E-state index < -0.39 is 30.4 Å². The summed E-state index contributed by atoms with van der Waals surface area (Å²) in [6.07, 6.45) is -2.77. The van der Waals surface area contributed by atoms with E-state index >= 15 is 0 Å². The van der Waals surface area contributed by atoms with Crippen molar-refractivity contribution in [3.8, 4) is 0 Å². The van der Waals surface area contributed by atoms with Gasteiger partial charge in [-0.25, -0.2) is 0 Å². The van der Waals surface area contributed by atoms with Crippen LogP contribution in [0.2, 0.25) is 0 Å². The van der Waals surface area contributed by atoms with Gasteiger partial charge in [-0.2, -0.15) is 0 Å². The lowest BCUT2D eigenvalue weighted by molar-refractivity contribution is -0.268. The first-order valence-electron chi connectivity index (χ1n) is 8.20. The molecule has 8 heteroatoms. The van der Waals surface area contributed by atoms with E-state index in [1.807, 2.05) is 30.3 Å². The number of ether oxygens (including phenoxy) is 5. The number of hydrogen-bond donors (Lipinski definition) is 0. The molecule has 0 bridgehead atoms. The highest BCUT2D eigenvalue weighted by Gasteiger charge is 2.49. The molecule has 7 nitrogen and oxygen atoms in total. The molecule has 0 spiro atoms. The van der Waals surface area contributed by atoms with Gasteiger partial charge in [-0.05, 0) is 5.56 Å². The van der Waals surface area contributed by atoms with Gasteiger partial charge in [0, 0.05) is 21.0 Å². The van der Waals surface area contributed by atoms with Gasteiger partial charge in [0.05, 0.1) is 23.2 Å². The Bertz CT molecular complexity index is 594. The minimum Gasteiger partial charge on any atom is -0.457 e. The van der Waals surface area contributed by atoms with Crippen molar-refractivity contribution in [3.63, 3.8) is 0 Å². The van der Waals surface area contributed by atoms with Crippen LogP contribution in [0.4, 0.5) is 0 Å². The second-order valence-electron chi connectivity index (χ2n) is 5.87. The zero-order chi connectivity index (χ0) is 19.1. The molecule has 0 amide bonds. The van der Waals surface area contributed by atoms with Crippen molar-refractivity contribution in [3.05, 3.63) is 35.9 Å². The summed E-state index contributed by atoms with van der Waals surface area (Å²) in [6.45, 7) is 3.32. The molecule has 0 radical (unpaired) electrons. The highest BCUT2D eigenvalue weighted by molar-refractivity contribution is 14.1. The Balaban J connectivity index is 2.05. The Labute approximate surface area is 166 Å². The van der Waals surface area contributed by atoms with Gasteiger partial charge in [-0.1, -0.05) is 52.9 Å². The van der Waals surface area contributed by atoms with Crippen LogP contribution in [-0.4, -0.2) is 54.2 Å². The van der Waals surface area contributed by atoms with Crippen molar-refractivity contribution >= 4 is 34.5 Å².